The number of hydrogen-bond acceptors (Lipinski definition) is 4. The van der Waals surface area contributed by atoms with E-state index in [1.807, 2.05) is 20.2 Å². The summed E-state index contributed by atoms with van der Waals surface area (Å²) < 4.78 is 21.6. The van der Waals surface area contributed by atoms with E-state index in [9.17, 15) is 9.18 Å². The first-order valence-electron chi connectivity index (χ1n) is 8.09. The number of carbonyl (C=O) groups excluding carboxylic acids is 1. The Labute approximate surface area is 150 Å². The minimum Gasteiger partial charge on any atom is -0.471 e. The number of rotatable bonds is 6. The number of aryl methyl sites for hydroxylation is 2. The van der Waals surface area contributed by atoms with Gasteiger partial charge in [0.05, 0.1) is 5.69 Å². The van der Waals surface area contributed by atoms with Gasteiger partial charge in [-0.15, -0.1) is 0 Å². The van der Waals surface area contributed by atoms with E-state index in [2.05, 4.69) is 10.2 Å². The predicted molar refractivity (Wildman–Crippen MR) is 93.0 cm³/mol. The SMILES string of the molecule is Cc1nn(C)cc1CN(C)C(=O)c1ccn(COc2ccc(F)cc2)n1. The second kappa shape index (κ2) is 7.38. The molecule has 7 nitrogen and oxygen atoms in total. The number of amides is 1. The molecule has 2 aromatic heterocycles. The highest BCUT2D eigenvalue weighted by molar-refractivity contribution is 5.91. The highest BCUT2D eigenvalue weighted by Gasteiger charge is 2.17. The van der Waals surface area contributed by atoms with Crippen LogP contribution in [0.2, 0.25) is 0 Å². The topological polar surface area (TPSA) is 65.2 Å². The second-order valence-electron chi connectivity index (χ2n) is 6.04. The molecular weight excluding hydrogens is 337 g/mol. The lowest BCUT2D eigenvalue weighted by Crippen LogP contribution is -2.27. The summed E-state index contributed by atoms with van der Waals surface area (Å²) in [4.78, 5) is 14.1. The summed E-state index contributed by atoms with van der Waals surface area (Å²) in [6, 6.07) is 7.36. The first-order chi connectivity index (χ1) is 12.4. The molecule has 1 amide bonds. The molecule has 2 heterocycles. The second-order valence-corrected chi connectivity index (χ2v) is 6.04. The fourth-order valence-corrected chi connectivity index (χ4v) is 2.55. The third-order valence-electron chi connectivity index (χ3n) is 3.91. The number of aromatic nitrogens is 4. The third kappa shape index (κ3) is 4.08. The van der Waals surface area contributed by atoms with Crippen molar-refractivity contribution in [3.8, 4) is 5.75 Å². The Hall–Kier alpha value is -3.16. The highest BCUT2D eigenvalue weighted by atomic mass is 19.1. The van der Waals surface area contributed by atoms with Crippen LogP contribution >= 0.6 is 0 Å². The Morgan fingerprint density at radius 2 is 1.96 bits per heavy atom. The number of carbonyl (C=O) groups is 1. The van der Waals surface area contributed by atoms with E-state index in [1.54, 1.807) is 28.9 Å². The molecular formula is C18H20FN5O2. The number of benzene rings is 1. The Morgan fingerprint density at radius 1 is 1.23 bits per heavy atom. The zero-order chi connectivity index (χ0) is 18.7. The summed E-state index contributed by atoms with van der Waals surface area (Å²) in [7, 11) is 3.57. The van der Waals surface area contributed by atoms with Gasteiger partial charge in [0.1, 0.15) is 11.6 Å². The van der Waals surface area contributed by atoms with Crippen molar-refractivity contribution >= 4 is 5.91 Å². The molecule has 0 aliphatic heterocycles. The average Bonchev–Trinajstić information content (AvgIpc) is 3.20. The van der Waals surface area contributed by atoms with E-state index in [0.717, 1.165) is 11.3 Å². The van der Waals surface area contributed by atoms with Crippen LogP contribution in [0.15, 0.2) is 42.7 Å². The quantitative estimate of drug-likeness (QED) is 0.679. The van der Waals surface area contributed by atoms with Gasteiger partial charge in [-0.05, 0) is 37.3 Å². The minimum atomic E-state index is -0.323. The van der Waals surface area contributed by atoms with Crippen molar-refractivity contribution in [1.82, 2.24) is 24.5 Å². The van der Waals surface area contributed by atoms with E-state index >= 15 is 0 Å². The van der Waals surface area contributed by atoms with Gasteiger partial charge in [0.2, 0.25) is 0 Å². The Kier molecular flexibility index (Phi) is 5.01. The molecule has 0 saturated heterocycles. The number of halogens is 1. The van der Waals surface area contributed by atoms with Crippen molar-refractivity contribution in [3.05, 3.63) is 65.5 Å². The van der Waals surface area contributed by atoms with Gasteiger partial charge in [-0.3, -0.25) is 9.48 Å². The van der Waals surface area contributed by atoms with Crippen LogP contribution in [0, 0.1) is 12.7 Å². The van der Waals surface area contributed by atoms with Crippen LogP contribution in [0.4, 0.5) is 4.39 Å². The van der Waals surface area contributed by atoms with Crippen molar-refractivity contribution in [2.24, 2.45) is 7.05 Å². The molecule has 0 N–H and O–H groups in total. The maximum absolute atomic E-state index is 12.9. The van der Waals surface area contributed by atoms with Gasteiger partial charge in [0.25, 0.3) is 5.91 Å². The maximum atomic E-state index is 12.9. The fraction of sp³-hybridized carbons (Fsp3) is 0.278. The zero-order valence-electron chi connectivity index (χ0n) is 14.9. The minimum absolute atomic E-state index is 0.129. The van der Waals surface area contributed by atoms with Crippen molar-refractivity contribution in [2.45, 2.75) is 20.2 Å². The first kappa shape index (κ1) is 17.7. The Bertz CT molecular complexity index is 901. The van der Waals surface area contributed by atoms with E-state index < -0.39 is 0 Å². The normalized spacial score (nSPS) is 10.8. The maximum Gasteiger partial charge on any atom is 0.274 e. The molecule has 136 valence electrons. The lowest BCUT2D eigenvalue weighted by molar-refractivity contribution is 0.0777. The van der Waals surface area contributed by atoms with Crippen LogP contribution in [0.25, 0.3) is 0 Å². The average molecular weight is 357 g/mol. The third-order valence-corrected chi connectivity index (χ3v) is 3.91. The van der Waals surface area contributed by atoms with Crippen LogP contribution in [-0.2, 0) is 20.3 Å². The monoisotopic (exact) mass is 357 g/mol. The van der Waals surface area contributed by atoms with Gasteiger partial charge < -0.3 is 9.64 Å². The summed E-state index contributed by atoms with van der Waals surface area (Å²) in [6.45, 7) is 2.50. The molecule has 3 aromatic rings. The van der Waals surface area contributed by atoms with E-state index in [-0.39, 0.29) is 18.5 Å². The molecule has 0 aliphatic rings. The van der Waals surface area contributed by atoms with Gasteiger partial charge >= 0.3 is 0 Å². The molecule has 0 spiro atoms. The summed E-state index contributed by atoms with van der Waals surface area (Å²) in [6.07, 6.45) is 3.56. The van der Waals surface area contributed by atoms with Crippen molar-refractivity contribution in [2.75, 3.05) is 7.05 Å². The lowest BCUT2D eigenvalue weighted by Gasteiger charge is -2.15. The molecule has 0 atom stereocenters. The van der Waals surface area contributed by atoms with E-state index in [4.69, 9.17) is 4.74 Å². The molecule has 0 bridgehead atoms. The predicted octanol–water partition coefficient (Wildman–Crippen LogP) is 2.37. The summed E-state index contributed by atoms with van der Waals surface area (Å²) >= 11 is 0. The van der Waals surface area contributed by atoms with Gasteiger partial charge in [-0.1, -0.05) is 0 Å². The highest BCUT2D eigenvalue weighted by Crippen LogP contribution is 2.13. The van der Waals surface area contributed by atoms with Crippen LogP contribution in [0.3, 0.4) is 0 Å². The Morgan fingerprint density at radius 3 is 2.62 bits per heavy atom. The van der Waals surface area contributed by atoms with Crippen molar-refractivity contribution < 1.29 is 13.9 Å². The van der Waals surface area contributed by atoms with Gasteiger partial charge in [-0.25, -0.2) is 9.07 Å². The molecule has 0 aliphatic carbocycles. The molecule has 8 heteroatoms. The number of hydrogen-bond donors (Lipinski definition) is 0. The van der Waals surface area contributed by atoms with Gasteiger partial charge in [0, 0.05) is 38.6 Å². The lowest BCUT2D eigenvalue weighted by atomic mass is 10.2. The first-order valence-corrected chi connectivity index (χ1v) is 8.09. The van der Waals surface area contributed by atoms with Crippen LogP contribution in [0.1, 0.15) is 21.7 Å². The van der Waals surface area contributed by atoms with Crippen LogP contribution in [0.5, 0.6) is 5.75 Å². The fourth-order valence-electron chi connectivity index (χ4n) is 2.55. The molecule has 0 radical (unpaired) electrons. The van der Waals surface area contributed by atoms with E-state index in [0.29, 0.717) is 18.0 Å². The molecule has 26 heavy (non-hydrogen) atoms. The standard InChI is InChI=1S/C18H20FN5O2/c1-13-14(11-23(3)20-13)10-22(2)18(25)17-8-9-24(21-17)12-26-16-6-4-15(19)5-7-16/h4-9,11H,10,12H2,1-3H3. The number of nitrogens with zero attached hydrogens (tertiary/aromatic N) is 5. The molecule has 0 saturated carbocycles. The largest absolute Gasteiger partial charge is 0.471 e. The van der Waals surface area contributed by atoms with Crippen molar-refractivity contribution in [1.29, 1.82) is 0 Å². The van der Waals surface area contributed by atoms with Crippen LogP contribution < -0.4 is 4.74 Å². The zero-order valence-corrected chi connectivity index (χ0v) is 14.9. The van der Waals surface area contributed by atoms with E-state index in [1.165, 1.54) is 28.9 Å². The summed E-state index contributed by atoms with van der Waals surface area (Å²) in [5, 5.41) is 8.52. The Balaban J connectivity index is 1.60. The van der Waals surface area contributed by atoms with Crippen molar-refractivity contribution in [3.63, 3.8) is 0 Å². The summed E-state index contributed by atoms with van der Waals surface area (Å²) in [5.74, 6) is 0.0175. The van der Waals surface area contributed by atoms with Crippen LogP contribution in [-0.4, -0.2) is 37.4 Å². The molecule has 0 unspecified atom stereocenters. The molecule has 0 fully saturated rings. The van der Waals surface area contributed by atoms with Gasteiger partial charge in [0.15, 0.2) is 12.4 Å². The van der Waals surface area contributed by atoms with Gasteiger partial charge in [-0.2, -0.15) is 10.2 Å². The smallest absolute Gasteiger partial charge is 0.274 e. The molecule has 3 rings (SSSR count). The molecule has 1 aromatic carbocycles. The number of ether oxygens (including phenoxy) is 1. The summed E-state index contributed by atoms with van der Waals surface area (Å²) in [5.41, 5.74) is 2.21.